The van der Waals surface area contributed by atoms with Crippen LogP contribution in [0.5, 0.6) is 5.75 Å². The van der Waals surface area contributed by atoms with Gasteiger partial charge in [-0.25, -0.2) is 0 Å². The minimum absolute atomic E-state index is 0.234. The second-order valence-corrected chi connectivity index (χ2v) is 6.62. The van der Waals surface area contributed by atoms with Gasteiger partial charge in [-0.1, -0.05) is 47.5 Å². The second kappa shape index (κ2) is 8.06. The molecule has 0 saturated carbocycles. The van der Waals surface area contributed by atoms with Crippen LogP contribution in [-0.4, -0.2) is 26.2 Å². The molecule has 0 saturated heterocycles. The zero-order valence-electron chi connectivity index (χ0n) is 15.3. The van der Waals surface area contributed by atoms with Crippen LogP contribution in [-0.2, 0) is 6.42 Å². The number of aryl methyl sites for hydroxylation is 2. The number of hydrogen-bond donors (Lipinski definition) is 2. The van der Waals surface area contributed by atoms with E-state index in [-0.39, 0.29) is 6.04 Å². The lowest BCUT2D eigenvalue weighted by atomic mass is 10.0. The minimum Gasteiger partial charge on any atom is -0.493 e. The number of aliphatic imine (C=N–C) groups is 1. The van der Waals surface area contributed by atoms with Crippen LogP contribution in [0.1, 0.15) is 34.7 Å². The Morgan fingerprint density at radius 1 is 1.16 bits per heavy atom. The molecular formula is C21H27N3O. The van der Waals surface area contributed by atoms with Gasteiger partial charge in [0.05, 0.1) is 12.6 Å². The Labute approximate surface area is 150 Å². The van der Waals surface area contributed by atoms with Gasteiger partial charge in [-0.3, -0.25) is 4.99 Å². The van der Waals surface area contributed by atoms with E-state index < -0.39 is 0 Å². The van der Waals surface area contributed by atoms with Crippen molar-refractivity contribution in [1.82, 2.24) is 10.6 Å². The number of guanidine groups is 1. The summed E-state index contributed by atoms with van der Waals surface area (Å²) in [6.45, 7) is 5.88. The van der Waals surface area contributed by atoms with Crippen molar-refractivity contribution in [3.8, 4) is 5.75 Å². The fourth-order valence-corrected chi connectivity index (χ4v) is 3.39. The molecule has 1 aliphatic rings. The van der Waals surface area contributed by atoms with E-state index in [4.69, 9.17) is 4.74 Å². The SMILES string of the molecule is CN=C(NCCc1cc(C)cc(C)c1)NC1CCOc2ccccc21. The molecule has 1 aliphatic heterocycles. The van der Waals surface area contributed by atoms with Gasteiger partial charge in [0.1, 0.15) is 5.75 Å². The number of para-hydroxylation sites is 1. The average molecular weight is 337 g/mol. The standard InChI is InChI=1S/C21H27N3O/c1-15-12-16(2)14-17(13-15)8-10-23-21(22-3)24-19-9-11-25-20-7-5-4-6-18(19)20/h4-7,12-14,19H,8-11H2,1-3H3,(H2,22,23,24). The number of hydrogen-bond acceptors (Lipinski definition) is 2. The van der Waals surface area contributed by atoms with Crippen LogP contribution in [0.15, 0.2) is 47.5 Å². The van der Waals surface area contributed by atoms with Crippen molar-refractivity contribution in [2.75, 3.05) is 20.2 Å². The molecule has 0 fully saturated rings. The molecule has 0 amide bonds. The predicted octanol–water partition coefficient (Wildman–Crippen LogP) is 3.53. The Morgan fingerprint density at radius 3 is 2.68 bits per heavy atom. The summed E-state index contributed by atoms with van der Waals surface area (Å²) in [4.78, 5) is 4.37. The number of rotatable bonds is 4. The molecule has 0 bridgehead atoms. The third kappa shape index (κ3) is 4.53. The average Bonchev–Trinajstić information content (AvgIpc) is 2.60. The summed E-state index contributed by atoms with van der Waals surface area (Å²) >= 11 is 0. The molecule has 0 spiro atoms. The molecule has 0 aromatic heterocycles. The van der Waals surface area contributed by atoms with Gasteiger partial charge >= 0.3 is 0 Å². The molecule has 0 aliphatic carbocycles. The molecule has 4 heteroatoms. The summed E-state index contributed by atoms with van der Waals surface area (Å²) in [5.74, 6) is 1.81. The number of fused-ring (bicyclic) bond motifs is 1. The largest absolute Gasteiger partial charge is 0.493 e. The van der Waals surface area contributed by atoms with E-state index in [1.165, 1.54) is 22.3 Å². The van der Waals surface area contributed by atoms with E-state index in [9.17, 15) is 0 Å². The minimum atomic E-state index is 0.234. The first-order chi connectivity index (χ1) is 12.2. The highest BCUT2D eigenvalue weighted by atomic mass is 16.5. The van der Waals surface area contributed by atoms with Crippen molar-refractivity contribution >= 4 is 5.96 Å². The first-order valence-electron chi connectivity index (χ1n) is 8.92. The third-order valence-electron chi connectivity index (χ3n) is 4.48. The van der Waals surface area contributed by atoms with Crippen molar-refractivity contribution in [3.63, 3.8) is 0 Å². The third-order valence-corrected chi connectivity index (χ3v) is 4.48. The smallest absolute Gasteiger partial charge is 0.191 e. The van der Waals surface area contributed by atoms with Gasteiger partial charge in [0, 0.05) is 25.6 Å². The lowest BCUT2D eigenvalue weighted by molar-refractivity contribution is 0.261. The Kier molecular flexibility index (Phi) is 5.59. The Balaban J connectivity index is 1.57. The molecule has 3 rings (SSSR count). The molecule has 1 heterocycles. The van der Waals surface area contributed by atoms with Gasteiger partial charge in [-0.15, -0.1) is 0 Å². The lowest BCUT2D eigenvalue weighted by Gasteiger charge is -2.28. The van der Waals surface area contributed by atoms with Gasteiger partial charge in [0.2, 0.25) is 0 Å². The molecule has 2 aromatic rings. The number of nitrogens with zero attached hydrogens (tertiary/aromatic N) is 1. The lowest BCUT2D eigenvalue weighted by Crippen LogP contribution is -2.41. The van der Waals surface area contributed by atoms with Crippen molar-refractivity contribution in [3.05, 3.63) is 64.7 Å². The fraction of sp³-hybridized carbons (Fsp3) is 0.381. The van der Waals surface area contributed by atoms with Crippen LogP contribution in [0, 0.1) is 13.8 Å². The Bertz CT molecular complexity index is 734. The summed E-state index contributed by atoms with van der Waals surface area (Å²) in [5, 5.41) is 6.96. The van der Waals surface area contributed by atoms with Crippen LogP contribution in [0.3, 0.4) is 0 Å². The predicted molar refractivity (Wildman–Crippen MR) is 103 cm³/mol. The molecule has 25 heavy (non-hydrogen) atoms. The van der Waals surface area contributed by atoms with E-state index >= 15 is 0 Å². The van der Waals surface area contributed by atoms with Crippen molar-refractivity contribution < 1.29 is 4.74 Å². The normalized spacial score (nSPS) is 16.8. The molecule has 4 nitrogen and oxygen atoms in total. The summed E-state index contributed by atoms with van der Waals surface area (Å²) in [7, 11) is 1.82. The first-order valence-corrected chi connectivity index (χ1v) is 8.92. The highest BCUT2D eigenvalue weighted by Gasteiger charge is 2.21. The van der Waals surface area contributed by atoms with Crippen LogP contribution in [0.25, 0.3) is 0 Å². The van der Waals surface area contributed by atoms with Gasteiger partial charge < -0.3 is 15.4 Å². The Morgan fingerprint density at radius 2 is 1.92 bits per heavy atom. The fourth-order valence-electron chi connectivity index (χ4n) is 3.39. The topological polar surface area (TPSA) is 45.7 Å². The van der Waals surface area contributed by atoms with Gasteiger partial charge in [-0.05, 0) is 31.9 Å². The highest BCUT2D eigenvalue weighted by molar-refractivity contribution is 5.80. The Hall–Kier alpha value is -2.49. The zero-order valence-corrected chi connectivity index (χ0v) is 15.3. The summed E-state index contributed by atoms with van der Waals surface area (Å²) in [6, 6.07) is 15.2. The first kappa shape index (κ1) is 17.3. The maximum Gasteiger partial charge on any atom is 0.191 e. The molecule has 132 valence electrons. The van der Waals surface area contributed by atoms with Gasteiger partial charge in [0.25, 0.3) is 0 Å². The second-order valence-electron chi connectivity index (χ2n) is 6.62. The van der Waals surface area contributed by atoms with Crippen LogP contribution >= 0.6 is 0 Å². The van der Waals surface area contributed by atoms with Gasteiger partial charge in [-0.2, -0.15) is 0 Å². The maximum absolute atomic E-state index is 5.73. The van der Waals surface area contributed by atoms with Crippen molar-refractivity contribution in [1.29, 1.82) is 0 Å². The van der Waals surface area contributed by atoms with E-state index in [1.54, 1.807) is 0 Å². The summed E-state index contributed by atoms with van der Waals surface area (Å²) < 4.78 is 5.73. The molecule has 1 atom stereocenters. The van der Waals surface area contributed by atoms with Crippen molar-refractivity contribution in [2.24, 2.45) is 4.99 Å². The quantitative estimate of drug-likeness (QED) is 0.663. The molecule has 2 N–H and O–H groups in total. The number of ether oxygens (including phenoxy) is 1. The van der Waals surface area contributed by atoms with E-state index in [0.29, 0.717) is 0 Å². The van der Waals surface area contributed by atoms with E-state index in [2.05, 4.69) is 59.8 Å². The van der Waals surface area contributed by atoms with E-state index in [1.807, 2.05) is 19.2 Å². The summed E-state index contributed by atoms with van der Waals surface area (Å²) in [6.07, 6.45) is 1.92. The number of nitrogens with one attached hydrogen (secondary N) is 2. The van der Waals surface area contributed by atoms with Gasteiger partial charge in [0.15, 0.2) is 5.96 Å². The highest BCUT2D eigenvalue weighted by Crippen LogP contribution is 2.31. The molecule has 0 radical (unpaired) electrons. The molecule has 1 unspecified atom stereocenters. The van der Waals surface area contributed by atoms with E-state index in [0.717, 1.165) is 37.7 Å². The van der Waals surface area contributed by atoms with Crippen LogP contribution < -0.4 is 15.4 Å². The zero-order chi connectivity index (χ0) is 17.6. The molecule has 2 aromatic carbocycles. The maximum atomic E-state index is 5.73. The van der Waals surface area contributed by atoms with Crippen LogP contribution in [0.4, 0.5) is 0 Å². The molecular weight excluding hydrogens is 310 g/mol. The summed E-state index contributed by atoms with van der Waals surface area (Å²) in [5.41, 5.74) is 5.19. The van der Waals surface area contributed by atoms with Crippen LogP contribution in [0.2, 0.25) is 0 Å². The number of benzene rings is 2. The monoisotopic (exact) mass is 337 g/mol. The van der Waals surface area contributed by atoms with Crippen molar-refractivity contribution in [2.45, 2.75) is 32.7 Å².